The van der Waals surface area contributed by atoms with E-state index in [0.29, 0.717) is 5.95 Å². The van der Waals surface area contributed by atoms with Crippen molar-refractivity contribution >= 4 is 92.3 Å². The zero-order valence-corrected chi connectivity index (χ0v) is 30.1. The SMILES string of the molecule is c1ccc(-c2ccc(-c3nc(-n4c5ccccc5c5cc6c7ccccc7n7c8cc9ccccc9cc8c(c54)c67)nc4ccc5ccccc5c34)cc2)cc1. The van der Waals surface area contributed by atoms with Crippen molar-refractivity contribution in [1.82, 2.24) is 18.9 Å². The maximum absolute atomic E-state index is 5.63. The quantitative estimate of drug-likeness (QED) is 0.171. The van der Waals surface area contributed by atoms with E-state index in [2.05, 4.69) is 191 Å². The van der Waals surface area contributed by atoms with E-state index in [1.165, 1.54) is 76.2 Å². The van der Waals surface area contributed by atoms with Gasteiger partial charge in [-0.3, -0.25) is 4.57 Å². The van der Waals surface area contributed by atoms with Crippen LogP contribution in [0.25, 0.3) is 121 Å². The second-order valence-electron chi connectivity index (χ2n) is 15.0. The first-order valence-corrected chi connectivity index (χ1v) is 19.2. The van der Waals surface area contributed by atoms with Crippen molar-refractivity contribution in [3.8, 4) is 28.3 Å². The number of benzene rings is 9. The molecule has 4 nitrogen and oxygen atoms in total. The summed E-state index contributed by atoms with van der Waals surface area (Å²) in [6.45, 7) is 0. The van der Waals surface area contributed by atoms with Crippen molar-refractivity contribution in [1.29, 1.82) is 0 Å². The van der Waals surface area contributed by atoms with Crippen LogP contribution < -0.4 is 0 Å². The molecule has 9 aromatic carbocycles. The highest BCUT2D eigenvalue weighted by Crippen LogP contribution is 2.47. The topological polar surface area (TPSA) is 35.1 Å². The third kappa shape index (κ3) is 3.97. The Labute approximate surface area is 320 Å². The molecule has 0 saturated carbocycles. The molecule has 13 rings (SSSR count). The number of aromatic nitrogens is 4. The molecule has 0 aliphatic carbocycles. The molecule has 13 aromatic rings. The Bertz CT molecular complexity index is 3740. The zero-order valence-electron chi connectivity index (χ0n) is 30.1. The molecule has 4 heteroatoms. The van der Waals surface area contributed by atoms with E-state index < -0.39 is 0 Å². The number of fused-ring (bicyclic) bond motifs is 14. The third-order valence-electron chi connectivity index (χ3n) is 12.0. The minimum absolute atomic E-state index is 0.661. The molecule has 0 amide bonds. The van der Waals surface area contributed by atoms with Crippen LogP contribution in [0.3, 0.4) is 0 Å². The van der Waals surface area contributed by atoms with Crippen molar-refractivity contribution in [3.05, 3.63) is 182 Å². The fourth-order valence-electron chi connectivity index (χ4n) is 9.55. The standard InChI is InChI=1S/C52H30N4/c1-2-12-31(13-3-1)32-22-24-34(25-23-32)49-47-37-17-7-6-14-33(37)26-27-43(47)53-52(54-49)56-45-21-11-9-19-39(45)41-30-40-38-18-8-10-20-44(38)55-46-29-36-16-5-4-15-35(36)28-42(46)48(50(40)55)51(41)56/h1-30H. The van der Waals surface area contributed by atoms with Gasteiger partial charge in [-0.25, -0.2) is 9.97 Å². The predicted molar refractivity (Wildman–Crippen MR) is 234 cm³/mol. The number of para-hydroxylation sites is 2. The normalized spacial score (nSPS) is 12.3. The molecule has 0 N–H and O–H groups in total. The number of hydrogen-bond acceptors (Lipinski definition) is 2. The fourth-order valence-corrected chi connectivity index (χ4v) is 9.55. The Morgan fingerprint density at radius 1 is 0.339 bits per heavy atom. The molecule has 0 saturated heterocycles. The van der Waals surface area contributed by atoms with Crippen LogP contribution in [-0.4, -0.2) is 18.9 Å². The van der Waals surface area contributed by atoms with Gasteiger partial charge in [0.05, 0.1) is 38.8 Å². The summed E-state index contributed by atoms with van der Waals surface area (Å²) in [5, 5.41) is 13.2. The Hall–Kier alpha value is -7.56. The Morgan fingerprint density at radius 2 is 0.946 bits per heavy atom. The molecular formula is C52H30N4. The van der Waals surface area contributed by atoms with Crippen LogP contribution in [0.5, 0.6) is 0 Å². The first kappa shape index (κ1) is 29.8. The van der Waals surface area contributed by atoms with E-state index in [4.69, 9.17) is 9.97 Å². The second-order valence-corrected chi connectivity index (χ2v) is 15.0. The van der Waals surface area contributed by atoms with Crippen LogP contribution in [0.4, 0.5) is 0 Å². The molecule has 0 aliphatic rings. The van der Waals surface area contributed by atoms with Gasteiger partial charge in [-0.05, 0) is 69.1 Å². The van der Waals surface area contributed by atoms with E-state index in [0.717, 1.165) is 38.6 Å². The van der Waals surface area contributed by atoms with Gasteiger partial charge in [0.25, 0.3) is 0 Å². The lowest BCUT2D eigenvalue weighted by Gasteiger charge is -2.14. The van der Waals surface area contributed by atoms with E-state index >= 15 is 0 Å². The molecule has 56 heavy (non-hydrogen) atoms. The highest BCUT2D eigenvalue weighted by atomic mass is 15.2. The molecule has 4 aromatic heterocycles. The summed E-state index contributed by atoms with van der Waals surface area (Å²) in [6.07, 6.45) is 0. The van der Waals surface area contributed by atoms with E-state index in [9.17, 15) is 0 Å². The number of rotatable bonds is 3. The van der Waals surface area contributed by atoms with Gasteiger partial charge in [0.2, 0.25) is 5.95 Å². The number of hydrogen-bond donors (Lipinski definition) is 0. The average molecular weight is 711 g/mol. The van der Waals surface area contributed by atoms with Gasteiger partial charge < -0.3 is 4.40 Å². The summed E-state index contributed by atoms with van der Waals surface area (Å²) < 4.78 is 4.82. The first-order chi connectivity index (χ1) is 27.8. The minimum atomic E-state index is 0.661. The van der Waals surface area contributed by atoms with E-state index in [1.54, 1.807) is 0 Å². The molecule has 0 aliphatic heterocycles. The molecule has 0 bridgehead atoms. The van der Waals surface area contributed by atoms with Gasteiger partial charge in [0.15, 0.2) is 0 Å². The summed E-state index contributed by atoms with van der Waals surface area (Å²) in [7, 11) is 0. The summed E-state index contributed by atoms with van der Waals surface area (Å²) in [5.74, 6) is 0.661. The molecule has 4 heterocycles. The van der Waals surface area contributed by atoms with Gasteiger partial charge in [0, 0.05) is 43.3 Å². The highest BCUT2D eigenvalue weighted by Gasteiger charge is 2.26. The van der Waals surface area contributed by atoms with E-state index in [1.807, 2.05) is 0 Å². The second kappa shape index (κ2) is 11.0. The summed E-state index contributed by atoms with van der Waals surface area (Å²) in [4.78, 5) is 11.1. The van der Waals surface area contributed by atoms with Crippen molar-refractivity contribution in [2.24, 2.45) is 0 Å². The van der Waals surface area contributed by atoms with Gasteiger partial charge in [0.1, 0.15) is 0 Å². The van der Waals surface area contributed by atoms with Crippen LogP contribution in [0, 0.1) is 0 Å². The van der Waals surface area contributed by atoms with Crippen molar-refractivity contribution in [3.63, 3.8) is 0 Å². The molecule has 0 atom stereocenters. The monoisotopic (exact) mass is 710 g/mol. The lowest BCUT2D eigenvalue weighted by Crippen LogP contribution is -2.04. The van der Waals surface area contributed by atoms with Gasteiger partial charge in [-0.15, -0.1) is 0 Å². The molecule has 0 unspecified atom stereocenters. The Kier molecular flexibility index (Phi) is 5.86. The molecule has 0 fully saturated rings. The van der Waals surface area contributed by atoms with E-state index in [-0.39, 0.29) is 0 Å². The van der Waals surface area contributed by atoms with Crippen LogP contribution >= 0.6 is 0 Å². The van der Waals surface area contributed by atoms with Crippen molar-refractivity contribution in [2.45, 2.75) is 0 Å². The Morgan fingerprint density at radius 3 is 1.75 bits per heavy atom. The highest BCUT2D eigenvalue weighted by molar-refractivity contribution is 6.35. The van der Waals surface area contributed by atoms with Crippen LogP contribution in [-0.2, 0) is 0 Å². The molecule has 0 radical (unpaired) electrons. The Balaban J connectivity index is 1.20. The first-order valence-electron chi connectivity index (χ1n) is 19.2. The smallest absolute Gasteiger partial charge is 0.235 e. The lowest BCUT2D eigenvalue weighted by atomic mass is 9.98. The maximum Gasteiger partial charge on any atom is 0.235 e. The summed E-state index contributed by atoms with van der Waals surface area (Å²) >= 11 is 0. The molecule has 258 valence electrons. The van der Waals surface area contributed by atoms with Gasteiger partial charge >= 0.3 is 0 Å². The minimum Gasteiger partial charge on any atom is -0.308 e. The average Bonchev–Trinajstić information content (AvgIpc) is 3.90. The maximum atomic E-state index is 5.63. The molecule has 0 spiro atoms. The third-order valence-corrected chi connectivity index (χ3v) is 12.0. The summed E-state index contributed by atoms with van der Waals surface area (Å²) in [6, 6.07) is 65.8. The van der Waals surface area contributed by atoms with Crippen LogP contribution in [0.1, 0.15) is 0 Å². The van der Waals surface area contributed by atoms with Crippen LogP contribution in [0.2, 0.25) is 0 Å². The van der Waals surface area contributed by atoms with Gasteiger partial charge in [-0.1, -0.05) is 146 Å². The lowest BCUT2D eigenvalue weighted by molar-refractivity contribution is 1.02. The zero-order chi connectivity index (χ0) is 36.5. The van der Waals surface area contributed by atoms with Crippen molar-refractivity contribution in [2.75, 3.05) is 0 Å². The predicted octanol–water partition coefficient (Wildman–Crippen LogP) is 13.5. The molecular weight excluding hydrogens is 681 g/mol. The summed E-state index contributed by atoms with van der Waals surface area (Å²) in [5.41, 5.74) is 11.1. The van der Waals surface area contributed by atoms with Crippen LogP contribution in [0.15, 0.2) is 182 Å². The number of nitrogens with zero attached hydrogens (tertiary/aromatic N) is 4. The van der Waals surface area contributed by atoms with Crippen molar-refractivity contribution < 1.29 is 0 Å². The largest absolute Gasteiger partial charge is 0.308 e. The van der Waals surface area contributed by atoms with Gasteiger partial charge in [-0.2, -0.15) is 0 Å². The fraction of sp³-hybridized carbons (Fsp3) is 0.